The summed E-state index contributed by atoms with van der Waals surface area (Å²) in [6.45, 7) is 0. The third kappa shape index (κ3) is 1.37. The van der Waals surface area contributed by atoms with Crippen molar-refractivity contribution in [2.24, 2.45) is 0 Å². The smallest absolute Gasteiger partial charge is 0.418 e. The zero-order chi connectivity index (χ0) is 8.43. The zero-order valence-corrected chi connectivity index (χ0v) is 5.39. The van der Waals surface area contributed by atoms with Gasteiger partial charge < -0.3 is 10.2 Å². The van der Waals surface area contributed by atoms with Gasteiger partial charge in [0.1, 0.15) is 5.75 Å². The molecule has 2 N–H and O–H groups in total. The van der Waals surface area contributed by atoms with Crippen molar-refractivity contribution in [1.29, 1.82) is 0 Å². The van der Waals surface area contributed by atoms with Crippen molar-refractivity contribution >= 4 is 6.09 Å². The maximum absolute atomic E-state index is 10.7. The Morgan fingerprint density at radius 1 is 1.55 bits per heavy atom. The number of carbonyl (C=O) groups is 1. The summed E-state index contributed by atoms with van der Waals surface area (Å²) in [5.41, 5.74) is -0.766. The van der Waals surface area contributed by atoms with Gasteiger partial charge in [-0.15, -0.1) is 0 Å². The van der Waals surface area contributed by atoms with E-state index in [1.54, 1.807) is 0 Å². The summed E-state index contributed by atoms with van der Waals surface area (Å²) in [5, 5.41) is 17.1. The number of aromatic nitrogens is 1. The highest BCUT2D eigenvalue weighted by Gasteiger charge is 2.02. The van der Waals surface area contributed by atoms with Crippen LogP contribution in [0.25, 0.3) is 0 Å². The van der Waals surface area contributed by atoms with Crippen LogP contribution in [0.15, 0.2) is 23.1 Å². The molecule has 1 aromatic rings. The number of hydrogen-bond donors (Lipinski definition) is 2. The molecule has 0 spiro atoms. The maximum Gasteiger partial charge on any atom is 0.418 e. The van der Waals surface area contributed by atoms with E-state index in [1.807, 2.05) is 0 Å². The lowest BCUT2D eigenvalue weighted by Gasteiger charge is -1.95. The summed E-state index contributed by atoms with van der Waals surface area (Å²) < 4.78 is 0.472. The Morgan fingerprint density at radius 2 is 2.18 bits per heavy atom. The Labute approximate surface area is 61.1 Å². The van der Waals surface area contributed by atoms with Crippen molar-refractivity contribution < 1.29 is 15.0 Å². The molecule has 1 rings (SSSR count). The van der Waals surface area contributed by atoms with Crippen molar-refractivity contribution in [2.45, 2.75) is 0 Å². The Balaban J connectivity index is 3.32. The molecule has 0 saturated carbocycles. The van der Waals surface area contributed by atoms with Gasteiger partial charge in [0.25, 0.3) is 5.56 Å². The second-order valence-corrected chi connectivity index (χ2v) is 1.88. The van der Waals surface area contributed by atoms with E-state index in [1.165, 1.54) is 0 Å². The molecule has 1 aromatic heterocycles. The lowest BCUT2D eigenvalue weighted by atomic mass is 10.4. The molecule has 0 saturated heterocycles. The normalized spacial score (nSPS) is 9.45. The molecule has 0 amide bonds. The molecule has 0 unspecified atom stereocenters. The van der Waals surface area contributed by atoms with Crippen LogP contribution < -0.4 is 5.56 Å². The average molecular weight is 155 g/mol. The van der Waals surface area contributed by atoms with E-state index in [2.05, 4.69) is 0 Å². The predicted molar refractivity (Wildman–Crippen MR) is 35.8 cm³/mol. The van der Waals surface area contributed by atoms with Crippen molar-refractivity contribution in [3.05, 3.63) is 28.7 Å². The first-order chi connectivity index (χ1) is 5.11. The second kappa shape index (κ2) is 2.45. The molecular weight excluding hydrogens is 150 g/mol. The first kappa shape index (κ1) is 7.33. The number of rotatable bonds is 0. The molecule has 0 aliphatic heterocycles. The fraction of sp³-hybridized carbons (Fsp3) is 0. The molecule has 1 heterocycles. The maximum atomic E-state index is 10.7. The predicted octanol–water partition coefficient (Wildman–Crippen LogP) is 0.0800. The SMILES string of the molecule is O=C(O)n1ccc(O)cc1=O. The Kier molecular flexibility index (Phi) is 1.63. The van der Waals surface area contributed by atoms with Crippen LogP contribution in [-0.4, -0.2) is 20.9 Å². The first-order valence-corrected chi connectivity index (χ1v) is 2.76. The Bertz CT molecular complexity index is 341. The van der Waals surface area contributed by atoms with Gasteiger partial charge in [-0.25, -0.2) is 9.36 Å². The van der Waals surface area contributed by atoms with Gasteiger partial charge in [0.15, 0.2) is 0 Å². The molecule has 5 heteroatoms. The summed E-state index contributed by atoms with van der Waals surface area (Å²) in [5.74, 6) is -0.243. The standard InChI is InChI=1S/C6H5NO4/c8-4-1-2-7(6(10)11)5(9)3-4/h1-3,8H,(H,10,11). The van der Waals surface area contributed by atoms with Crippen LogP contribution in [0.2, 0.25) is 0 Å². The zero-order valence-electron chi connectivity index (χ0n) is 5.39. The molecule has 0 atom stereocenters. The van der Waals surface area contributed by atoms with E-state index in [9.17, 15) is 9.59 Å². The minimum Gasteiger partial charge on any atom is -0.508 e. The number of carboxylic acid groups (broad SMARTS) is 1. The molecule has 11 heavy (non-hydrogen) atoms. The first-order valence-electron chi connectivity index (χ1n) is 2.76. The van der Waals surface area contributed by atoms with Gasteiger partial charge >= 0.3 is 6.09 Å². The molecule has 0 aliphatic rings. The van der Waals surface area contributed by atoms with Crippen molar-refractivity contribution in [3.63, 3.8) is 0 Å². The van der Waals surface area contributed by atoms with Crippen molar-refractivity contribution in [1.82, 2.24) is 4.57 Å². The van der Waals surface area contributed by atoms with Crippen LogP contribution >= 0.6 is 0 Å². The Morgan fingerprint density at radius 3 is 2.64 bits per heavy atom. The lowest BCUT2D eigenvalue weighted by Crippen LogP contribution is -2.23. The molecule has 0 aromatic carbocycles. The van der Waals surface area contributed by atoms with E-state index >= 15 is 0 Å². The van der Waals surface area contributed by atoms with E-state index in [0.717, 1.165) is 18.3 Å². The molecule has 0 bridgehead atoms. The van der Waals surface area contributed by atoms with E-state index in [4.69, 9.17) is 10.2 Å². The minimum atomic E-state index is -1.37. The van der Waals surface area contributed by atoms with E-state index in [-0.39, 0.29) is 5.75 Å². The molecule has 0 fully saturated rings. The summed E-state index contributed by atoms with van der Waals surface area (Å²) in [4.78, 5) is 20.9. The van der Waals surface area contributed by atoms with Gasteiger partial charge in [0.2, 0.25) is 0 Å². The van der Waals surface area contributed by atoms with Gasteiger partial charge in [0, 0.05) is 12.3 Å². The topological polar surface area (TPSA) is 79.5 Å². The third-order valence-corrected chi connectivity index (χ3v) is 1.11. The highest BCUT2D eigenvalue weighted by molar-refractivity contribution is 5.67. The molecular formula is C6H5NO4. The molecule has 58 valence electrons. The number of aromatic hydroxyl groups is 1. The fourth-order valence-corrected chi connectivity index (χ4v) is 0.627. The Hall–Kier alpha value is -1.78. The van der Waals surface area contributed by atoms with Gasteiger partial charge in [-0.1, -0.05) is 0 Å². The van der Waals surface area contributed by atoms with Gasteiger partial charge in [0.05, 0.1) is 0 Å². The quantitative estimate of drug-likeness (QED) is 0.556. The largest absolute Gasteiger partial charge is 0.508 e. The van der Waals surface area contributed by atoms with Crippen molar-refractivity contribution in [2.75, 3.05) is 0 Å². The summed E-state index contributed by atoms with van der Waals surface area (Å²) in [7, 11) is 0. The molecule has 0 radical (unpaired) electrons. The van der Waals surface area contributed by atoms with Gasteiger partial charge in [-0.2, -0.15) is 0 Å². The number of hydrogen-bond acceptors (Lipinski definition) is 3. The van der Waals surface area contributed by atoms with Gasteiger partial charge in [-0.05, 0) is 6.07 Å². The highest BCUT2D eigenvalue weighted by Crippen LogP contribution is 2.00. The van der Waals surface area contributed by atoms with Crippen LogP contribution in [0.4, 0.5) is 4.79 Å². The summed E-state index contributed by atoms with van der Waals surface area (Å²) >= 11 is 0. The number of nitrogens with zero attached hydrogens (tertiary/aromatic N) is 1. The van der Waals surface area contributed by atoms with Crippen LogP contribution in [0.5, 0.6) is 5.75 Å². The lowest BCUT2D eigenvalue weighted by molar-refractivity contribution is 0.195. The second-order valence-electron chi connectivity index (χ2n) is 1.88. The summed E-state index contributed by atoms with van der Waals surface area (Å²) in [6.07, 6.45) is -0.380. The molecule has 0 aliphatic carbocycles. The van der Waals surface area contributed by atoms with Crippen LogP contribution in [0.1, 0.15) is 0 Å². The average Bonchev–Trinajstić information content (AvgIpc) is 1.85. The van der Waals surface area contributed by atoms with Crippen LogP contribution in [0.3, 0.4) is 0 Å². The summed E-state index contributed by atoms with van der Waals surface area (Å²) in [6, 6.07) is 1.95. The van der Waals surface area contributed by atoms with Crippen LogP contribution in [-0.2, 0) is 0 Å². The van der Waals surface area contributed by atoms with Crippen molar-refractivity contribution in [3.8, 4) is 5.75 Å². The molecule has 5 nitrogen and oxygen atoms in total. The third-order valence-electron chi connectivity index (χ3n) is 1.11. The monoisotopic (exact) mass is 155 g/mol. The van der Waals surface area contributed by atoms with E-state index in [0.29, 0.717) is 4.57 Å². The van der Waals surface area contributed by atoms with E-state index < -0.39 is 11.7 Å². The van der Waals surface area contributed by atoms with Crippen LogP contribution in [0, 0.1) is 0 Å². The van der Waals surface area contributed by atoms with Gasteiger partial charge in [-0.3, -0.25) is 4.79 Å². The number of pyridine rings is 1. The minimum absolute atomic E-state index is 0.243. The highest BCUT2D eigenvalue weighted by atomic mass is 16.4. The fourth-order valence-electron chi connectivity index (χ4n) is 0.627.